The Kier molecular flexibility index (Phi) is 6.16. The van der Waals surface area contributed by atoms with Crippen molar-refractivity contribution in [1.29, 1.82) is 0 Å². The Morgan fingerprint density at radius 3 is 2.66 bits per heavy atom. The van der Waals surface area contributed by atoms with Crippen molar-refractivity contribution < 1.29 is 4.79 Å². The Morgan fingerprint density at radius 2 is 1.90 bits per heavy atom. The molecule has 0 bridgehead atoms. The van der Waals surface area contributed by atoms with Crippen LogP contribution in [0.2, 0.25) is 0 Å². The molecule has 0 radical (unpaired) electrons. The van der Waals surface area contributed by atoms with E-state index in [-0.39, 0.29) is 5.91 Å². The average Bonchev–Trinajstić information content (AvgIpc) is 3.19. The molecule has 0 saturated carbocycles. The lowest BCUT2D eigenvalue weighted by molar-refractivity contribution is -0.129. The molecule has 1 aliphatic rings. The number of amides is 1. The van der Waals surface area contributed by atoms with Gasteiger partial charge in [0.05, 0.1) is 5.75 Å². The number of thioether (sulfide) groups is 1. The SMILES string of the molecule is CC(C)c1ccc(Nc2nnc(SCC(=O)N3CCc4ccccc4C3)s2)cc1. The molecule has 1 aliphatic heterocycles. The van der Waals surface area contributed by atoms with Crippen LogP contribution in [-0.2, 0) is 17.8 Å². The zero-order chi connectivity index (χ0) is 20.2. The summed E-state index contributed by atoms with van der Waals surface area (Å²) in [6.45, 7) is 5.85. The molecule has 1 N–H and O–H groups in total. The molecule has 4 rings (SSSR count). The van der Waals surface area contributed by atoms with Crippen LogP contribution in [0.25, 0.3) is 0 Å². The van der Waals surface area contributed by atoms with Gasteiger partial charge in [-0.3, -0.25) is 4.79 Å². The van der Waals surface area contributed by atoms with Gasteiger partial charge in [-0.05, 0) is 41.2 Å². The van der Waals surface area contributed by atoms with E-state index in [1.54, 1.807) is 0 Å². The molecule has 1 amide bonds. The quantitative estimate of drug-likeness (QED) is 0.559. The number of nitrogens with zero attached hydrogens (tertiary/aromatic N) is 3. The summed E-state index contributed by atoms with van der Waals surface area (Å²) in [5.74, 6) is 1.05. The van der Waals surface area contributed by atoms with Gasteiger partial charge in [0.1, 0.15) is 0 Å². The molecule has 150 valence electrons. The van der Waals surface area contributed by atoms with E-state index >= 15 is 0 Å². The van der Waals surface area contributed by atoms with Gasteiger partial charge in [-0.2, -0.15) is 0 Å². The number of hydrogen-bond acceptors (Lipinski definition) is 6. The Hall–Kier alpha value is -2.38. The summed E-state index contributed by atoms with van der Waals surface area (Å²) in [4.78, 5) is 14.5. The van der Waals surface area contributed by atoms with Crippen molar-refractivity contribution in [3.63, 3.8) is 0 Å². The fourth-order valence-electron chi connectivity index (χ4n) is 3.32. The topological polar surface area (TPSA) is 58.1 Å². The minimum atomic E-state index is 0.151. The Labute approximate surface area is 179 Å². The van der Waals surface area contributed by atoms with Crippen molar-refractivity contribution in [1.82, 2.24) is 15.1 Å². The number of carbonyl (C=O) groups is 1. The van der Waals surface area contributed by atoms with Crippen LogP contribution in [0.1, 0.15) is 36.5 Å². The molecule has 29 heavy (non-hydrogen) atoms. The van der Waals surface area contributed by atoms with Crippen LogP contribution in [0.15, 0.2) is 52.9 Å². The summed E-state index contributed by atoms with van der Waals surface area (Å²) >= 11 is 2.93. The third-order valence-electron chi connectivity index (χ3n) is 5.04. The summed E-state index contributed by atoms with van der Waals surface area (Å²) < 4.78 is 0.803. The third kappa shape index (κ3) is 4.97. The lowest BCUT2D eigenvalue weighted by atomic mass is 10.00. The van der Waals surface area contributed by atoms with Crippen LogP contribution in [0.4, 0.5) is 10.8 Å². The second-order valence-electron chi connectivity index (χ2n) is 7.40. The molecule has 0 atom stereocenters. The highest BCUT2D eigenvalue weighted by molar-refractivity contribution is 8.01. The van der Waals surface area contributed by atoms with E-state index < -0.39 is 0 Å². The molecular weight excluding hydrogens is 400 g/mol. The summed E-state index contributed by atoms with van der Waals surface area (Å²) in [6.07, 6.45) is 0.926. The maximum absolute atomic E-state index is 12.6. The lowest BCUT2D eigenvalue weighted by Gasteiger charge is -2.28. The molecule has 2 heterocycles. The molecule has 7 heteroatoms. The van der Waals surface area contributed by atoms with Crippen molar-refractivity contribution in [2.24, 2.45) is 0 Å². The van der Waals surface area contributed by atoms with Gasteiger partial charge in [-0.15, -0.1) is 10.2 Å². The molecular formula is C22H24N4OS2. The molecule has 0 saturated heterocycles. The Bertz CT molecular complexity index is 984. The van der Waals surface area contributed by atoms with Crippen molar-refractivity contribution in [3.05, 3.63) is 65.2 Å². The minimum Gasteiger partial charge on any atom is -0.337 e. The van der Waals surface area contributed by atoms with E-state index in [1.165, 1.54) is 39.8 Å². The van der Waals surface area contributed by atoms with Crippen LogP contribution < -0.4 is 5.32 Å². The van der Waals surface area contributed by atoms with Gasteiger partial charge in [-0.1, -0.05) is 73.3 Å². The van der Waals surface area contributed by atoms with Crippen molar-refractivity contribution in [2.45, 2.75) is 37.1 Å². The lowest BCUT2D eigenvalue weighted by Crippen LogP contribution is -2.37. The second kappa shape index (κ2) is 8.97. The predicted octanol–water partition coefficient (Wildman–Crippen LogP) is 5.08. The predicted molar refractivity (Wildman–Crippen MR) is 120 cm³/mol. The number of fused-ring (bicyclic) bond motifs is 1. The first-order valence-corrected chi connectivity index (χ1v) is 11.6. The number of hydrogen-bond donors (Lipinski definition) is 1. The summed E-state index contributed by atoms with van der Waals surface area (Å²) in [5.41, 5.74) is 4.90. The molecule has 3 aromatic rings. The third-order valence-corrected chi connectivity index (χ3v) is 6.99. The van der Waals surface area contributed by atoms with Gasteiger partial charge >= 0.3 is 0 Å². The van der Waals surface area contributed by atoms with Crippen molar-refractivity contribution in [2.75, 3.05) is 17.6 Å². The van der Waals surface area contributed by atoms with E-state index in [2.05, 4.69) is 71.8 Å². The van der Waals surface area contributed by atoms with Crippen LogP contribution >= 0.6 is 23.1 Å². The van der Waals surface area contributed by atoms with Crippen LogP contribution in [0.5, 0.6) is 0 Å². The standard InChI is InChI=1S/C22H24N4OS2/c1-15(2)16-7-9-19(10-8-16)23-21-24-25-22(29-21)28-14-20(27)26-12-11-17-5-3-4-6-18(17)13-26/h3-10,15H,11-14H2,1-2H3,(H,23,24). The maximum Gasteiger partial charge on any atom is 0.233 e. The molecule has 2 aromatic carbocycles. The number of carbonyl (C=O) groups excluding carboxylic acids is 1. The van der Waals surface area contributed by atoms with Gasteiger partial charge in [0.25, 0.3) is 0 Å². The second-order valence-corrected chi connectivity index (χ2v) is 9.60. The van der Waals surface area contributed by atoms with Gasteiger partial charge in [0.15, 0.2) is 4.34 Å². The summed E-state index contributed by atoms with van der Waals surface area (Å²) in [6, 6.07) is 16.7. The first-order chi connectivity index (χ1) is 14.1. The summed E-state index contributed by atoms with van der Waals surface area (Å²) in [5, 5.41) is 12.4. The van der Waals surface area contributed by atoms with E-state index in [4.69, 9.17) is 0 Å². The van der Waals surface area contributed by atoms with Crippen molar-refractivity contribution in [3.8, 4) is 0 Å². The number of anilines is 2. The largest absolute Gasteiger partial charge is 0.337 e. The average molecular weight is 425 g/mol. The highest BCUT2D eigenvalue weighted by Crippen LogP contribution is 2.29. The number of benzene rings is 2. The zero-order valence-electron chi connectivity index (χ0n) is 16.6. The smallest absolute Gasteiger partial charge is 0.233 e. The van der Waals surface area contributed by atoms with E-state index in [0.29, 0.717) is 18.2 Å². The van der Waals surface area contributed by atoms with Crippen LogP contribution in [0.3, 0.4) is 0 Å². The van der Waals surface area contributed by atoms with Crippen LogP contribution in [-0.4, -0.2) is 33.3 Å². The Balaban J connectivity index is 1.30. The van der Waals surface area contributed by atoms with Gasteiger partial charge < -0.3 is 10.2 Å². The van der Waals surface area contributed by atoms with E-state index in [1.807, 2.05) is 11.0 Å². The molecule has 0 fully saturated rings. The van der Waals surface area contributed by atoms with Crippen molar-refractivity contribution >= 4 is 39.8 Å². The zero-order valence-corrected chi connectivity index (χ0v) is 18.2. The van der Waals surface area contributed by atoms with Gasteiger partial charge in [0, 0.05) is 18.8 Å². The number of nitrogens with one attached hydrogen (secondary N) is 1. The highest BCUT2D eigenvalue weighted by atomic mass is 32.2. The van der Waals surface area contributed by atoms with Gasteiger partial charge in [0.2, 0.25) is 11.0 Å². The molecule has 0 unspecified atom stereocenters. The van der Waals surface area contributed by atoms with E-state index in [9.17, 15) is 4.79 Å². The monoisotopic (exact) mass is 424 g/mol. The van der Waals surface area contributed by atoms with Gasteiger partial charge in [-0.25, -0.2) is 0 Å². The first-order valence-electron chi connectivity index (χ1n) is 9.76. The van der Waals surface area contributed by atoms with E-state index in [0.717, 1.165) is 28.1 Å². The van der Waals surface area contributed by atoms with Crippen LogP contribution in [0, 0.1) is 0 Å². The normalized spacial score (nSPS) is 13.4. The Morgan fingerprint density at radius 1 is 1.14 bits per heavy atom. The molecule has 1 aromatic heterocycles. The first kappa shape index (κ1) is 19.9. The highest BCUT2D eigenvalue weighted by Gasteiger charge is 2.20. The molecule has 0 spiro atoms. The fourth-order valence-corrected chi connectivity index (χ4v) is 4.99. The number of aromatic nitrogens is 2. The fraction of sp³-hybridized carbons (Fsp3) is 0.318. The summed E-state index contributed by atoms with van der Waals surface area (Å²) in [7, 11) is 0. The number of rotatable bonds is 6. The maximum atomic E-state index is 12.6. The molecule has 5 nitrogen and oxygen atoms in total. The molecule has 0 aliphatic carbocycles. The minimum absolute atomic E-state index is 0.151.